The van der Waals surface area contributed by atoms with E-state index in [1.807, 2.05) is 60.0 Å². The molecule has 8 nitrogen and oxygen atoms in total. The lowest BCUT2D eigenvalue weighted by atomic mass is 10.2. The fraction of sp³-hybridized carbons (Fsp3) is 0.333. The monoisotopic (exact) mass is 593 g/mol. The molecule has 0 fully saturated rings. The Labute approximate surface area is 217 Å². The van der Waals surface area contributed by atoms with E-state index >= 15 is 0 Å². The van der Waals surface area contributed by atoms with Crippen LogP contribution in [0.3, 0.4) is 0 Å². The Bertz CT molecular complexity index is 1100. The molecule has 0 aliphatic carbocycles. The zero-order valence-electron chi connectivity index (χ0n) is 19.4. The highest BCUT2D eigenvalue weighted by Crippen LogP contribution is 2.19. The van der Waals surface area contributed by atoms with Crippen molar-refractivity contribution in [3.63, 3.8) is 0 Å². The predicted octanol–water partition coefficient (Wildman–Crippen LogP) is 4.28. The number of nitrogens with one attached hydrogen (secondary N) is 2. The number of hydrogen-bond acceptors (Lipinski definition) is 6. The van der Waals surface area contributed by atoms with Gasteiger partial charge in [-0.15, -0.1) is 10.2 Å². The fourth-order valence-corrected chi connectivity index (χ4v) is 4.29. The molecule has 0 unspecified atom stereocenters. The first-order valence-electron chi connectivity index (χ1n) is 11.0. The molecule has 180 valence electrons. The van der Waals surface area contributed by atoms with Crippen molar-refractivity contribution in [2.24, 2.45) is 0 Å². The number of halogens is 1. The highest BCUT2D eigenvalue weighted by atomic mass is 127. The van der Waals surface area contributed by atoms with Gasteiger partial charge in [0, 0.05) is 15.8 Å². The van der Waals surface area contributed by atoms with Gasteiger partial charge >= 0.3 is 0 Å². The van der Waals surface area contributed by atoms with Crippen molar-refractivity contribution in [2.75, 3.05) is 11.1 Å². The summed E-state index contributed by atoms with van der Waals surface area (Å²) in [5, 5.41) is 14.7. The van der Waals surface area contributed by atoms with E-state index in [-0.39, 0.29) is 24.1 Å². The quantitative estimate of drug-likeness (QED) is 0.255. The van der Waals surface area contributed by atoms with Gasteiger partial charge in [0.2, 0.25) is 5.91 Å². The van der Waals surface area contributed by atoms with Crippen molar-refractivity contribution < 1.29 is 14.3 Å². The summed E-state index contributed by atoms with van der Waals surface area (Å²) in [6.07, 6.45) is 0.301. The summed E-state index contributed by atoms with van der Waals surface area (Å²) in [4.78, 5) is 24.8. The van der Waals surface area contributed by atoms with E-state index in [9.17, 15) is 9.59 Å². The van der Waals surface area contributed by atoms with Crippen LogP contribution in [-0.4, -0.2) is 38.4 Å². The van der Waals surface area contributed by atoms with Gasteiger partial charge in [-0.3, -0.25) is 9.59 Å². The Morgan fingerprint density at radius 2 is 1.79 bits per heavy atom. The molecule has 10 heteroatoms. The summed E-state index contributed by atoms with van der Waals surface area (Å²) in [5.74, 6) is 1.12. The lowest BCUT2D eigenvalue weighted by Gasteiger charge is -2.15. The van der Waals surface area contributed by atoms with E-state index < -0.39 is 6.10 Å². The molecular weight excluding hydrogens is 565 g/mol. The second kappa shape index (κ2) is 12.7. The minimum Gasteiger partial charge on any atom is -0.481 e. The number of ether oxygens (including phenoxy) is 1. The molecule has 0 aliphatic rings. The highest BCUT2D eigenvalue weighted by molar-refractivity contribution is 14.1. The topological polar surface area (TPSA) is 98.1 Å². The minimum absolute atomic E-state index is 0.121. The molecule has 0 saturated carbocycles. The van der Waals surface area contributed by atoms with Crippen LogP contribution >= 0.6 is 34.4 Å². The molecule has 2 N–H and O–H groups in total. The van der Waals surface area contributed by atoms with Crippen molar-refractivity contribution in [2.45, 2.75) is 51.5 Å². The van der Waals surface area contributed by atoms with Gasteiger partial charge in [0.25, 0.3) is 5.91 Å². The van der Waals surface area contributed by atoms with Gasteiger partial charge in [0.1, 0.15) is 5.75 Å². The number of nitrogens with zero attached hydrogens (tertiary/aromatic N) is 3. The normalized spacial score (nSPS) is 11.6. The largest absolute Gasteiger partial charge is 0.481 e. The third-order valence-electron chi connectivity index (χ3n) is 5.00. The van der Waals surface area contributed by atoms with E-state index in [1.54, 1.807) is 6.92 Å². The van der Waals surface area contributed by atoms with Crippen molar-refractivity contribution >= 4 is 51.9 Å². The molecule has 2 amide bonds. The summed E-state index contributed by atoms with van der Waals surface area (Å²) in [6, 6.07) is 15.3. The number of aryl methyl sites for hydroxylation is 1. The fourth-order valence-electron chi connectivity index (χ4n) is 3.11. The Kier molecular flexibility index (Phi) is 9.75. The SMILES string of the molecule is CCc1ccc(O[C@@H](C)C(=O)NCc2nnc(SCC(=O)Nc3ccc(I)cc3)n2CC)cc1. The van der Waals surface area contributed by atoms with Crippen LogP contribution < -0.4 is 15.4 Å². The molecule has 0 bridgehead atoms. The molecule has 3 rings (SSSR count). The van der Waals surface area contributed by atoms with Crippen LogP contribution in [0.2, 0.25) is 0 Å². The number of benzene rings is 2. The number of carbonyl (C=O) groups is 2. The third kappa shape index (κ3) is 7.45. The van der Waals surface area contributed by atoms with Crippen molar-refractivity contribution in [3.8, 4) is 5.75 Å². The summed E-state index contributed by atoms with van der Waals surface area (Å²) >= 11 is 3.52. The van der Waals surface area contributed by atoms with Crippen LogP contribution in [-0.2, 0) is 29.1 Å². The zero-order valence-corrected chi connectivity index (χ0v) is 22.4. The predicted molar refractivity (Wildman–Crippen MR) is 142 cm³/mol. The van der Waals surface area contributed by atoms with Gasteiger partial charge in [-0.2, -0.15) is 0 Å². The number of amides is 2. The summed E-state index contributed by atoms with van der Waals surface area (Å²) in [5.41, 5.74) is 1.97. The van der Waals surface area contributed by atoms with E-state index in [2.05, 4.69) is 50.3 Å². The van der Waals surface area contributed by atoms with Gasteiger partial charge in [-0.25, -0.2) is 0 Å². The van der Waals surface area contributed by atoms with E-state index in [4.69, 9.17) is 4.74 Å². The van der Waals surface area contributed by atoms with Crippen molar-refractivity contribution in [1.82, 2.24) is 20.1 Å². The second-order valence-corrected chi connectivity index (χ2v) is 9.65. The molecule has 0 saturated heterocycles. The molecule has 0 aliphatic heterocycles. The molecule has 34 heavy (non-hydrogen) atoms. The molecule has 2 aromatic carbocycles. The van der Waals surface area contributed by atoms with E-state index in [0.717, 1.165) is 15.7 Å². The first-order chi connectivity index (χ1) is 16.4. The van der Waals surface area contributed by atoms with Gasteiger partial charge < -0.3 is 19.9 Å². The van der Waals surface area contributed by atoms with Crippen molar-refractivity contribution in [1.29, 1.82) is 0 Å². The van der Waals surface area contributed by atoms with Gasteiger partial charge in [-0.05, 0) is 84.8 Å². The summed E-state index contributed by atoms with van der Waals surface area (Å²) in [6.45, 7) is 6.61. The lowest BCUT2D eigenvalue weighted by molar-refractivity contribution is -0.127. The van der Waals surface area contributed by atoms with Crippen LogP contribution in [0.5, 0.6) is 5.75 Å². The van der Waals surface area contributed by atoms with Crippen LogP contribution in [0.15, 0.2) is 53.7 Å². The molecule has 1 aromatic heterocycles. The molecule has 1 atom stereocenters. The van der Waals surface area contributed by atoms with Crippen LogP contribution in [0.4, 0.5) is 5.69 Å². The Balaban J connectivity index is 1.50. The number of carbonyl (C=O) groups excluding carboxylic acids is 2. The zero-order chi connectivity index (χ0) is 24.5. The Morgan fingerprint density at radius 3 is 2.44 bits per heavy atom. The lowest BCUT2D eigenvalue weighted by Crippen LogP contribution is -2.36. The van der Waals surface area contributed by atoms with Crippen LogP contribution in [0.1, 0.15) is 32.2 Å². The van der Waals surface area contributed by atoms with Crippen molar-refractivity contribution in [3.05, 3.63) is 63.5 Å². The van der Waals surface area contributed by atoms with E-state index in [1.165, 1.54) is 17.3 Å². The average Bonchev–Trinajstić information content (AvgIpc) is 3.24. The smallest absolute Gasteiger partial charge is 0.261 e. The summed E-state index contributed by atoms with van der Waals surface area (Å²) in [7, 11) is 0. The maximum Gasteiger partial charge on any atom is 0.261 e. The molecule has 3 aromatic rings. The average molecular weight is 593 g/mol. The number of anilines is 1. The third-order valence-corrected chi connectivity index (χ3v) is 6.69. The Hall–Kier alpha value is -2.60. The first-order valence-corrected chi connectivity index (χ1v) is 13.1. The van der Waals surface area contributed by atoms with Crippen LogP contribution in [0, 0.1) is 3.57 Å². The second-order valence-electron chi connectivity index (χ2n) is 7.46. The number of rotatable bonds is 11. The number of aromatic nitrogens is 3. The number of thioether (sulfide) groups is 1. The molecular formula is C24H28IN5O3S. The molecule has 0 spiro atoms. The minimum atomic E-state index is -0.649. The first kappa shape index (κ1) is 26.0. The molecule has 1 heterocycles. The maximum absolute atomic E-state index is 12.5. The standard InChI is InChI=1S/C24H28IN5O3S/c1-4-17-6-12-20(13-7-17)33-16(3)23(32)26-14-21-28-29-24(30(21)5-2)34-15-22(31)27-19-10-8-18(25)9-11-19/h6-13,16H,4-5,14-15H2,1-3H3,(H,26,32)(H,27,31)/t16-/m0/s1. The van der Waals surface area contributed by atoms with E-state index in [0.29, 0.717) is 23.3 Å². The van der Waals surface area contributed by atoms with Gasteiger partial charge in [-0.1, -0.05) is 30.8 Å². The van der Waals surface area contributed by atoms with Gasteiger partial charge in [0.15, 0.2) is 17.1 Å². The summed E-state index contributed by atoms with van der Waals surface area (Å²) < 4.78 is 8.73. The number of hydrogen-bond donors (Lipinski definition) is 2. The molecule has 0 radical (unpaired) electrons. The Morgan fingerprint density at radius 1 is 1.09 bits per heavy atom. The maximum atomic E-state index is 12.5. The van der Waals surface area contributed by atoms with Crippen LogP contribution in [0.25, 0.3) is 0 Å². The van der Waals surface area contributed by atoms with Gasteiger partial charge in [0.05, 0.1) is 12.3 Å². The highest BCUT2D eigenvalue weighted by Gasteiger charge is 2.18.